The third kappa shape index (κ3) is 12.6. The van der Waals surface area contributed by atoms with Crippen molar-refractivity contribution in [1.29, 1.82) is 0 Å². The van der Waals surface area contributed by atoms with Gasteiger partial charge in [-0.1, -0.05) is 44.9 Å². The number of fused-ring (bicyclic) bond motifs is 2. The summed E-state index contributed by atoms with van der Waals surface area (Å²) in [5, 5.41) is 28.9. The fourth-order valence-electron chi connectivity index (χ4n) is 8.75. The number of ketones is 1. The molecule has 2 fully saturated rings. The Morgan fingerprint density at radius 1 is 0.724 bits per heavy atom. The van der Waals surface area contributed by atoms with Crippen LogP contribution in [0.25, 0.3) is 0 Å². The molecule has 0 aromatic heterocycles. The zero-order chi connectivity index (χ0) is 41.7. The Kier molecular flexibility index (Phi) is 17.1. The number of aliphatic hydroxyl groups is 1. The lowest BCUT2D eigenvalue weighted by atomic mass is 9.95. The lowest BCUT2D eigenvalue weighted by Crippen LogP contribution is -2.40. The van der Waals surface area contributed by atoms with Crippen LogP contribution in [0.2, 0.25) is 0 Å². The lowest BCUT2D eigenvalue weighted by Gasteiger charge is -2.38. The fourth-order valence-corrected chi connectivity index (χ4v) is 8.75. The number of hydrogen-bond donors (Lipinski definition) is 3. The zero-order valence-corrected chi connectivity index (χ0v) is 35.1. The van der Waals surface area contributed by atoms with Gasteiger partial charge >= 0.3 is 11.9 Å². The molecular weight excluding hydrogens is 744 g/mol. The molecule has 2 saturated heterocycles. The number of benzene rings is 2. The van der Waals surface area contributed by atoms with Crippen LogP contribution in [0, 0.1) is 0 Å². The SMILES string of the molecule is COc1cc(O)cc2c1C(=O)OC2CCCCCC1CCCC2(CCC(C)O2)O1.COc1cc(O)cc2c1C(=O)OC2CCCCCCCCCC(=O)CCC(C)O. The molecule has 0 aliphatic carbocycles. The van der Waals surface area contributed by atoms with Crippen LogP contribution in [-0.2, 0) is 23.7 Å². The van der Waals surface area contributed by atoms with Gasteiger partial charge < -0.3 is 43.7 Å². The van der Waals surface area contributed by atoms with Gasteiger partial charge in [0.15, 0.2) is 5.79 Å². The molecule has 4 aliphatic heterocycles. The Balaban J connectivity index is 0.000000221. The minimum atomic E-state index is -0.395. The zero-order valence-electron chi connectivity index (χ0n) is 35.1. The van der Waals surface area contributed by atoms with E-state index >= 15 is 0 Å². The number of aromatic hydroxyl groups is 2. The molecule has 322 valence electrons. The van der Waals surface area contributed by atoms with Crippen molar-refractivity contribution < 1.29 is 58.1 Å². The fraction of sp³-hybridized carbons (Fsp3) is 0.674. The van der Waals surface area contributed by atoms with Gasteiger partial charge in [0.2, 0.25) is 0 Å². The Bertz CT molecular complexity index is 1670. The van der Waals surface area contributed by atoms with E-state index in [2.05, 4.69) is 6.92 Å². The van der Waals surface area contributed by atoms with Crippen LogP contribution >= 0.6 is 0 Å². The molecule has 6 atom stereocenters. The number of methoxy groups -OCH3 is 2. The monoisotopic (exact) mass is 810 g/mol. The van der Waals surface area contributed by atoms with E-state index in [1.165, 1.54) is 32.8 Å². The average Bonchev–Trinajstić information content (AvgIpc) is 3.83. The van der Waals surface area contributed by atoms with Crippen molar-refractivity contribution >= 4 is 17.7 Å². The van der Waals surface area contributed by atoms with Crippen molar-refractivity contribution in [2.45, 2.75) is 185 Å². The summed E-state index contributed by atoms with van der Waals surface area (Å²) in [7, 11) is 2.96. The van der Waals surface area contributed by atoms with Crippen LogP contribution in [0.5, 0.6) is 23.0 Å². The van der Waals surface area contributed by atoms with Crippen molar-refractivity contribution in [1.82, 2.24) is 0 Å². The largest absolute Gasteiger partial charge is 0.508 e. The van der Waals surface area contributed by atoms with E-state index in [-0.39, 0.29) is 47.2 Å². The quantitative estimate of drug-likeness (QED) is 0.0808. The first-order valence-corrected chi connectivity index (χ1v) is 21.7. The van der Waals surface area contributed by atoms with Crippen LogP contribution < -0.4 is 9.47 Å². The summed E-state index contributed by atoms with van der Waals surface area (Å²) >= 11 is 0. The van der Waals surface area contributed by atoms with E-state index < -0.39 is 6.10 Å². The van der Waals surface area contributed by atoms with E-state index in [9.17, 15) is 29.7 Å². The van der Waals surface area contributed by atoms with Crippen molar-refractivity contribution in [3.8, 4) is 23.0 Å². The second-order valence-corrected chi connectivity index (χ2v) is 16.6. The van der Waals surface area contributed by atoms with Gasteiger partial charge in [-0.2, -0.15) is 0 Å². The number of unbranched alkanes of at least 4 members (excludes halogenated alkanes) is 8. The molecule has 0 bridgehead atoms. The highest BCUT2D eigenvalue weighted by molar-refractivity contribution is 5.98. The minimum absolute atomic E-state index is 0.0771. The van der Waals surface area contributed by atoms with Gasteiger partial charge in [-0.05, 0) is 90.2 Å². The molecule has 12 heteroatoms. The summed E-state index contributed by atoms with van der Waals surface area (Å²) in [5.74, 6) is 0.0871. The Morgan fingerprint density at radius 2 is 1.24 bits per heavy atom. The summed E-state index contributed by atoms with van der Waals surface area (Å²) in [5.41, 5.74) is 2.32. The number of rotatable bonds is 21. The van der Waals surface area contributed by atoms with Crippen molar-refractivity contribution in [3.05, 3.63) is 46.5 Å². The lowest BCUT2D eigenvalue weighted by molar-refractivity contribution is -0.269. The molecule has 2 aromatic rings. The number of Topliss-reactive ketones (excluding diaryl/α,β-unsaturated/α-hetero) is 1. The molecule has 4 heterocycles. The maximum Gasteiger partial charge on any atom is 0.342 e. The summed E-state index contributed by atoms with van der Waals surface area (Å²) in [6, 6.07) is 6.10. The van der Waals surface area contributed by atoms with E-state index in [4.69, 9.17) is 28.4 Å². The topological polar surface area (TPSA) is 167 Å². The first kappa shape index (κ1) is 45.2. The minimum Gasteiger partial charge on any atom is -0.508 e. The van der Waals surface area contributed by atoms with Crippen LogP contribution in [0.15, 0.2) is 24.3 Å². The van der Waals surface area contributed by atoms with Gasteiger partial charge in [-0.25, -0.2) is 9.59 Å². The Labute approximate surface area is 343 Å². The molecule has 6 unspecified atom stereocenters. The highest BCUT2D eigenvalue weighted by atomic mass is 16.7. The Hall–Kier alpha value is -3.87. The van der Waals surface area contributed by atoms with Crippen LogP contribution in [0.3, 0.4) is 0 Å². The molecule has 4 aliphatic rings. The van der Waals surface area contributed by atoms with Crippen LogP contribution in [0.4, 0.5) is 0 Å². The van der Waals surface area contributed by atoms with E-state index in [0.717, 1.165) is 115 Å². The van der Waals surface area contributed by atoms with Gasteiger partial charge in [-0.3, -0.25) is 4.79 Å². The molecule has 3 N–H and O–H groups in total. The number of phenols is 2. The number of aliphatic hydroxyl groups excluding tert-OH is 1. The average molecular weight is 811 g/mol. The van der Waals surface area contributed by atoms with Gasteiger partial charge in [0, 0.05) is 48.9 Å². The smallest absolute Gasteiger partial charge is 0.342 e. The predicted molar refractivity (Wildman–Crippen MR) is 217 cm³/mol. The number of hydrogen-bond acceptors (Lipinski definition) is 12. The number of ether oxygens (including phenoxy) is 6. The van der Waals surface area contributed by atoms with E-state index in [1.54, 1.807) is 19.1 Å². The normalized spacial score (nSPS) is 23.7. The first-order valence-electron chi connectivity index (χ1n) is 21.7. The number of carbonyl (C=O) groups is 3. The molecule has 1 spiro atoms. The maximum absolute atomic E-state index is 12.2. The molecule has 0 saturated carbocycles. The van der Waals surface area contributed by atoms with Crippen molar-refractivity contribution in [2.24, 2.45) is 0 Å². The van der Waals surface area contributed by atoms with Crippen LogP contribution in [-0.4, -0.2) is 71.4 Å². The highest BCUT2D eigenvalue weighted by Gasteiger charge is 2.43. The highest BCUT2D eigenvalue weighted by Crippen LogP contribution is 2.44. The van der Waals surface area contributed by atoms with Crippen molar-refractivity contribution in [3.63, 3.8) is 0 Å². The van der Waals surface area contributed by atoms with Gasteiger partial charge in [0.1, 0.15) is 52.1 Å². The second kappa shape index (κ2) is 21.9. The molecular formula is C46H66O12. The van der Waals surface area contributed by atoms with Crippen LogP contribution in [0.1, 0.15) is 193 Å². The van der Waals surface area contributed by atoms with Gasteiger partial charge in [0.05, 0.1) is 32.5 Å². The molecule has 2 aromatic carbocycles. The van der Waals surface area contributed by atoms with Gasteiger partial charge in [0.25, 0.3) is 0 Å². The summed E-state index contributed by atoms with van der Waals surface area (Å²) in [4.78, 5) is 35.9. The maximum atomic E-state index is 12.2. The molecule has 12 nitrogen and oxygen atoms in total. The molecule has 58 heavy (non-hydrogen) atoms. The number of phenolic OH excluding ortho intramolecular Hbond substituents is 2. The van der Waals surface area contributed by atoms with E-state index in [0.29, 0.717) is 59.7 Å². The summed E-state index contributed by atoms with van der Waals surface area (Å²) in [6.07, 6.45) is 19.7. The Morgan fingerprint density at radius 3 is 1.76 bits per heavy atom. The van der Waals surface area contributed by atoms with Crippen molar-refractivity contribution in [2.75, 3.05) is 14.2 Å². The first-order chi connectivity index (χ1) is 27.9. The standard InChI is InChI=1S/C23H32O6.C23H34O6/c1-15-10-12-23(28-15)11-6-8-17(29-23)7-4-3-5-9-19-18-13-16(24)14-20(26-2)21(18)22(25)27-19;1-16(24)12-13-17(25)10-8-6-4-3-5-7-9-11-20-19-14-18(26)15-21(28-2)22(19)23(27)29-20/h13-15,17,19,24H,3-12H2,1-2H3;14-16,20,24,26H,3-13H2,1-2H3. The molecule has 0 amide bonds. The summed E-state index contributed by atoms with van der Waals surface area (Å²) < 4.78 is 33.9. The molecule has 0 radical (unpaired) electrons. The third-order valence-corrected chi connectivity index (χ3v) is 11.8. The second-order valence-electron chi connectivity index (χ2n) is 16.6. The number of esters is 2. The predicted octanol–water partition coefficient (Wildman–Crippen LogP) is 9.88. The molecule has 6 rings (SSSR count). The van der Waals surface area contributed by atoms with E-state index in [1.807, 2.05) is 0 Å². The number of cyclic esters (lactones) is 2. The third-order valence-electron chi connectivity index (χ3n) is 11.8. The van der Waals surface area contributed by atoms with Gasteiger partial charge in [-0.15, -0.1) is 0 Å². The number of carbonyl (C=O) groups excluding carboxylic acids is 3. The summed E-state index contributed by atoms with van der Waals surface area (Å²) in [6.45, 7) is 3.84.